The molecule has 0 aliphatic rings. The van der Waals surface area contributed by atoms with Gasteiger partial charge >= 0.3 is 11.9 Å². The van der Waals surface area contributed by atoms with E-state index in [4.69, 9.17) is 9.15 Å². The molecule has 0 bridgehead atoms. The Balaban J connectivity index is 1.36. The largest absolute Gasteiger partial charge is 0.451 e. The highest BCUT2D eigenvalue weighted by molar-refractivity contribution is 5.96. The summed E-state index contributed by atoms with van der Waals surface area (Å²) >= 11 is 0. The first-order chi connectivity index (χ1) is 14.6. The van der Waals surface area contributed by atoms with E-state index < -0.39 is 11.9 Å². The average Bonchev–Trinajstić information content (AvgIpc) is 3.20. The lowest BCUT2D eigenvalue weighted by Crippen LogP contribution is -2.16. The molecule has 1 aromatic heterocycles. The number of rotatable bonds is 5. The van der Waals surface area contributed by atoms with Crippen LogP contribution in [0.25, 0.3) is 11.0 Å². The number of furan rings is 1. The molecule has 0 saturated carbocycles. The quantitative estimate of drug-likeness (QED) is 0.228. The maximum Gasteiger partial charge on any atom is 0.343 e. The summed E-state index contributed by atoms with van der Waals surface area (Å²) in [6.07, 6.45) is 1.49. The van der Waals surface area contributed by atoms with E-state index in [1.165, 1.54) is 6.21 Å². The fraction of sp³-hybridized carbons (Fsp3) is 0.0417. The Morgan fingerprint density at radius 3 is 2.47 bits per heavy atom. The van der Waals surface area contributed by atoms with Crippen molar-refractivity contribution in [1.82, 2.24) is 5.43 Å². The minimum Gasteiger partial charge on any atom is -0.451 e. The average molecular weight is 398 g/mol. The molecule has 3 aromatic carbocycles. The first kappa shape index (κ1) is 19.1. The Bertz CT molecular complexity index is 1210. The molecule has 0 saturated heterocycles. The van der Waals surface area contributed by atoms with Gasteiger partial charge in [0.1, 0.15) is 11.3 Å². The zero-order chi connectivity index (χ0) is 20.9. The van der Waals surface area contributed by atoms with E-state index in [0.717, 1.165) is 16.5 Å². The lowest BCUT2D eigenvalue weighted by molar-refractivity contribution is 0.0733. The van der Waals surface area contributed by atoms with Crippen LogP contribution in [0.3, 0.4) is 0 Å². The van der Waals surface area contributed by atoms with Gasteiger partial charge < -0.3 is 9.15 Å². The van der Waals surface area contributed by atoms with Crippen LogP contribution < -0.4 is 10.2 Å². The number of carbonyl (C=O) groups excluding carboxylic acids is 2. The van der Waals surface area contributed by atoms with Crippen molar-refractivity contribution in [3.05, 3.63) is 101 Å². The van der Waals surface area contributed by atoms with Gasteiger partial charge in [-0.05, 0) is 60.5 Å². The molecular formula is C24H18N2O4. The molecule has 148 valence electrons. The topological polar surface area (TPSA) is 80.9 Å². The summed E-state index contributed by atoms with van der Waals surface area (Å²) in [4.78, 5) is 24.4. The van der Waals surface area contributed by atoms with Crippen LogP contribution in [0.4, 0.5) is 0 Å². The van der Waals surface area contributed by atoms with Gasteiger partial charge in [0, 0.05) is 5.39 Å². The summed E-state index contributed by atoms with van der Waals surface area (Å²) in [5, 5.41) is 4.80. The predicted octanol–water partition coefficient (Wildman–Crippen LogP) is 4.72. The summed E-state index contributed by atoms with van der Waals surface area (Å²) in [5.74, 6) is -0.239. The smallest absolute Gasteiger partial charge is 0.343 e. The highest BCUT2D eigenvalue weighted by Crippen LogP contribution is 2.19. The molecule has 1 N–H and O–H groups in total. The number of hydrazone groups is 1. The van der Waals surface area contributed by atoms with Crippen LogP contribution in [-0.2, 0) is 0 Å². The molecule has 0 fully saturated rings. The van der Waals surface area contributed by atoms with Crippen LogP contribution in [0.1, 0.15) is 32.0 Å². The van der Waals surface area contributed by atoms with Crippen molar-refractivity contribution in [3.63, 3.8) is 0 Å². The molecule has 0 unspecified atom stereocenters. The van der Waals surface area contributed by atoms with Gasteiger partial charge in [-0.1, -0.05) is 36.4 Å². The predicted molar refractivity (Wildman–Crippen MR) is 114 cm³/mol. The monoisotopic (exact) mass is 398 g/mol. The first-order valence-electron chi connectivity index (χ1n) is 9.30. The number of esters is 1. The summed E-state index contributed by atoms with van der Waals surface area (Å²) < 4.78 is 10.9. The summed E-state index contributed by atoms with van der Waals surface area (Å²) in [5.41, 5.74) is 5.19. The number of nitrogens with zero attached hydrogens (tertiary/aromatic N) is 1. The van der Waals surface area contributed by atoms with Crippen molar-refractivity contribution in [3.8, 4) is 5.75 Å². The standard InChI is InChI=1S/C24H18N2O4/c1-16-6-2-4-8-20(16)24(28)29-19-12-10-17(11-13-19)15-25-26-23(27)22-14-18-7-3-5-9-21(18)30-22/h2-15H,1H3,(H,26,27)/b25-15-. The number of hydrogen-bond donors (Lipinski definition) is 1. The number of fused-ring (bicyclic) bond motifs is 1. The van der Waals surface area contributed by atoms with Crippen LogP contribution in [0.5, 0.6) is 5.75 Å². The Morgan fingerprint density at radius 1 is 0.967 bits per heavy atom. The van der Waals surface area contributed by atoms with Gasteiger partial charge in [-0.25, -0.2) is 10.2 Å². The second-order valence-electron chi connectivity index (χ2n) is 6.62. The Kier molecular flexibility index (Phi) is 5.39. The van der Waals surface area contributed by atoms with E-state index in [-0.39, 0.29) is 5.76 Å². The van der Waals surface area contributed by atoms with E-state index in [1.54, 1.807) is 48.5 Å². The molecule has 4 rings (SSSR count). The van der Waals surface area contributed by atoms with Crippen molar-refractivity contribution in [2.45, 2.75) is 6.92 Å². The zero-order valence-electron chi connectivity index (χ0n) is 16.2. The lowest BCUT2D eigenvalue weighted by Gasteiger charge is -2.06. The third-order valence-corrected chi connectivity index (χ3v) is 4.48. The molecular weight excluding hydrogens is 380 g/mol. The van der Waals surface area contributed by atoms with Gasteiger partial charge in [0.2, 0.25) is 0 Å². The number of benzene rings is 3. The maximum absolute atomic E-state index is 12.3. The maximum atomic E-state index is 12.3. The zero-order valence-corrected chi connectivity index (χ0v) is 16.2. The van der Waals surface area contributed by atoms with Crippen LogP contribution in [-0.4, -0.2) is 18.1 Å². The van der Waals surface area contributed by atoms with Crippen molar-refractivity contribution < 1.29 is 18.7 Å². The van der Waals surface area contributed by atoms with Gasteiger partial charge in [-0.15, -0.1) is 0 Å². The fourth-order valence-corrected chi connectivity index (χ4v) is 2.90. The van der Waals surface area contributed by atoms with Crippen LogP contribution in [0.2, 0.25) is 0 Å². The van der Waals surface area contributed by atoms with Gasteiger partial charge in [0.25, 0.3) is 0 Å². The van der Waals surface area contributed by atoms with Crippen molar-refractivity contribution >= 4 is 29.1 Å². The van der Waals surface area contributed by atoms with Gasteiger partial charge in [0.05, 0.1) is 11.8 Å². The normalized spacial score (nSPS) is 11.0. The van der Waals surface area contributed by atoms with Crippen molar-refractivity contribution in [2.24, 2.45) is 5.10 Å². The SMILES string of the molecule is Cc1ccccc1C(=O)Oc1ccc(/C=N\NC(=O)c2cc3ccccc3o2)cc1. The Morgan fingerprint density at radius 2 is 1.70 bits per heavy atom. The molecule has 0 spiro atoms. The number of ether oxygens (including phenoxy) is 1. The van der Waals surface area contributed by atoms with Crippen molar-refractivity contribution in [1.29, 1.82) is 0 Å². The number of carbonyl (C=O) groups is 2. The second kappa shape index (κ2) is 8.45. The van der Waals surface area contributed by atoms with Crippen LogP contribution >= 0.6 is 0 Å². The molecule has 1 amide bonds. The molecule has 0 aliphatic heterocycles. The number of hydrogen-bond acceptors (Lipinski definition) is 5. The van der Waals surface area contributed by atoms with E-state index in [9.17, 15) is 9.59 Å². The minimum atomic E-state index is -0.439. The van der Waals surface area contributed by atoms with Gasteiger partial charge in [0.15, 0.2) is 5.76 Å². The molecule has 30 heavy (non-hydrogen) atoms. The number of para-hydroxylation sites is 1. The summed E-state index contributed by atoms with van der Waals surface area (Å²) in [7, 11) is 0. The fourth-order valence-electron chi connectivity index (χ4n) is 2.90. The van der Waals surface area contributed by atoms with E-state index in [1.807, 2.05) is 37.3 Å². The van der Waals surface area contributed by atoms with E-state index >= 15 is 0 Å². The molecule has 0 radical (unpaired) electrons. The molecule has 0 atom stereocenters. The number of amides is 1. The van der Waals surface area contributed by atoms with Crippen LogP contribution in [0, 0.1) is 6.92 Å². The summed E-state index contributed by atoms with van der Waals surface area (Å²) in [6, 6.07) is 23.1. The van der Waals surface area contributed by atoms with E-state index in [0.29, 0.717) is 16.9 Å². The third kappa shape index (κ3) is 4.28. The molecule has 4 aromatic rings. The molecule has 1 heterocycles. The van der Waals surface area contributed by atoms with Gasteiger partial charge in [-0.2, -0.15) is 5.10 Å². The Hall–Kier alpha value is -4.19. The first-order valence-corrected chi connectivity index (χ1v) is 9.30. The molecule has 0 aliphatic carbocycles. The summed E-state index contributed by atoms with van der Waals surface area (Å²) in [6.45, 7) is 1.86. The lowest BCUT2D eigenvalue weighted by atomic mass is 10.1. The minimum absolute atomic E-state index is 0.187. The highest BCUT2D eigenvalue weighted by atomic mass is 16.5. The number of nitrogens with one attached hydrogen (secondary N) is 1. The second-order valence-corrected chi connectivity index (χ2v) is 6.62. The number of aryl methyl sites for hydroxylation is 1. The molecule has 6 heteroatoms. The van der Waals surface area contributed by atoms with Crippen LogP contribution in [0.15, 0.2) is 88.4 Å². The van der Waals surface area contributed by atoms with Gasteiger partial charge in [-0.3, -0.25) is 4.79 Å². The van der Waals surface area contributed by atoms with Crippen molar-refractivity contribution in [2.75, 3.05) is 0 Å². The highest BCUT2D eigenvalue weighted by Gasteiger charge is 2.12. The van der Waals surface area contributed by atoms with E-state index in [2.05, 4.69) is 10.5 Å². The Labute approximate surface area is 172 Å². The molecule has 6 nitrogen and oxygen atoms in total. The third-order valence-electron chi connectivity index (χ3n) is 4.48.